The van der Waals surface area contributed by atoms with Crippen LogP contribution in [0.5, 0.6) is 0 Å². The van der Waals surface area contributed by atoms with Gasteiger partial charge in [-0.05, 0) is 30.3 Å². The SMILES string of the molecule is Clc1ccc(-c2ccnc3[nH]c(-c4n[nH]c5ccc(-c6cn[nH]c6)nc45)nc23)s1. The monoisotopic (exact) mass is 418 g/mol. The zero-order chi connectivity index (χ0) is 19.4. The van der Waals surface area contributed by atoms with Gasteiger partial charge in [-0.25, -0.2) is 15.0 Å². The van der Waals surface area contributed by atoms with E-state index < -0.39 is 0 Å². The molecule has 0 radical (unpaired) electrons. The van der Waals surface area contributed by atoms with Gasteiger partial charge in [0.15, 0.2) is 17.2 Å². The molecular formula is C19H11ClN8S. The number of thiophene rings is 1. The molecule has 0 fully saturated rings. The van der Waals surface area contributed by atoms with E-state index in [1.807, 2.05) is 30.3 Å². The lowest BCUT2D eigenvalue weighted by atomic mass is 10.2. The van der Waals surface area contributed by atoms with Gasteiger partial charge in [0.05, 0.1) is 21.7 Å². The van der Waals surface area contributed by atoms with Crippen LogP contribution >= 0.6 is 22.9 Å². The highest BCUT2D eigenvalue weighted by molar-refractivity contribution is 7.19. The van der Waals surface area contributed by atoms with Gasteiger partial charge in [0, 0.05) is 28.4 Å². The number of hydrogen-bond donors (Lipinski definition) is 3. The Bertz CT molecular complexity index is 1480. The molecule has 0 spiro atoms. The summed E-state index contributed by atoms with van der Waals surface area (Å²) in [7, 11) is 0. The summed E-state index contributed by atoms with van der Waals surface area (Å²) in [6, 6.07) is 9.67. The van der Waals surface area contributed by atoms with E-state index in [0.29, 0.717) is 17.2 Å². The second kappa shape index (κ2) is 6.23. The van der Waals surface area contributed by atoms with Gasteiger partial charge in [0.1, 0.15) is 11.0 Å². The van der Waals surface area contributed by atoms with Gasteiger partial charge in [-0.1, -0.05) is 11.6 Å². The van der Waals surface area contributed by atoms with Crippen LogP contribution in [0, 0.1) is 0 Å². The molecule has 0 bridgehead atoms. The highest BCUT2D eigenvalue weighted by atomic mass is 35.5. The molecule has 0 unspecified atom stereocenters. The molecule has 3 N–H and O–H groups in total. The molecule has 29 heavy (non-hydrogen) atoms. The van der Waals surface area contributed by atoms with Crippen molar-refractivity contribution in [1.29, 1.82) is 0 Å². The van der Waals surface area contributed by atoms with Crippen LogP contribution in [0.3, 0.4) is 0 Å². The van der Waals surface area contributed by atoms with Crippen molar-refractivity contribution in [1.82, 2.24) is 40.3 Å². The molecule has 0 aliphatic rings. The highest BCUT2D eigenvalue weighted by Crippen LogP contribution is 2.35. The first-order chi connectivity index (χ1) is 14.3. The molecule has 0 aliphatic carbocycles. The second-order valence-electron chi connectivity index (χ2n) is 6.40. The quantitative estimate of drug-likeness (QED) is 0.386. The molecule has 6 rings (SSSR count). The van der Waals surface area contributed by atoms with E-state index in [9.17, 15) is 0 Å². The molecule has 10 heteroatoms. The van der Waals surface area contributed by atoms with Gasteiger partial charge in [-0.3, -0.25) is 10.2 Å². The first-order valence-electron chi connectivity index (χ1n) is 8.71. The van der Waals surface area contributed by atoms with Crippen molar-refractivity contribution in [2.24, 2.45) is 0 Å². The van der Waals surface area contributed by atoms with Gasteiger partial charge in [0.2, 0.25) is 0 Å². The van der Waals surface area contributed by atoms with E-state index >= 15 is 0 Å². The number of nitrogens with one attached hydrogen (secondary N) is 3. The maximum Gasteiger partial charge on any atom is 0.162 e. The van der Waals surface area contributed by atoms with Crippen molar-refractivity contribution in [3.05, 3.63) is 53.3 Å². The van der Waals surface area contributed by atoms with Crippen molar-refractivity contribution in [3.63, 3.8) is 0 Å². The smallest absolute Gasteiger partial charge is 0.162 e. The maximum atomic E-state index is 6.12. The van der Waals surface area contributed by atoms with Gasteiger partial charge >= 0.3 is 0 Å². The normalized spacial score (nSPS) is 11.6. The molecule has 6 aromatic heterocycles. The van der Waals surface area contributed by atoms with Crippen LogP contribution in [0.1, 0.15) is 0 Å². The number of aromatic nitrogens is 8. The predicted octanol–water partition coefficient (Wildman–Crippen LogP) is 4.67. The van der Waals surface area contributed by atoms with Crippen LogP contribution in [0.15, 0.2) is 48.9 Å². The van der Waals surface area contributed by atoms with Crippen molar-refractivity contribution in [2.75, 3.05) is 0 Å². The van der Waals surface area contributed by atoms with Crippen LogP contribution in [0.2, 0.25) is 4.34 Å². The topological polar surface area (TPSA) is 112 Å². The first kappa shape index (κ1) is 16.4. The summed E-state index contributed by atoms with van der Waals surface area (Å²) in [6.45, 7) is 0. The Kier molecular flexibility index (Phi) is 3.52. The fourth-order valence-corrected chi connectivity index (χ4v) is 4.37. The molecular weight excluding hydrogens is 408 g/mol. The zero-order valence-corrected chi connectivity index (χ0v) is 16.2. The molecule has 0 aromatic carbocycles. The molecule has 6 aromatic rings. The van der Waals surface area contributed by atoms with E-state index in [4.69, 9.17) is 21.6 Å². The van der Waals surface area contributed by atoms with Crippen LogP contribution in [-0.4, -0.2) is 40.3 Å². The Labute approximate surface area is 172 Å². The lowest BCUT2D eigenvalue weighted by molar-refractivity contribution is 1.09. The molecule has 0 atom stereocenters. The number of imidazole rings is 1. The fraction of sp³-hybridized carbons (Fsp3) is 0. The Morgan fingerprint density at radius 2 is 1.97 bits per heavy atom. The lowest BCUT2D eigenvalue weighted by Gasteiger charge is -1.97. The van der Waals surface area contributed by atoms with Crippen LogP contribution in [0.4, 0.5) is 0 Å². The Balaban J connectivity index is 1.53. The van der Waals surface area contributed by atoms with E-state index in [1.165, 1.54) is 11.3 Å². The van der Waals surface area contributed by atoms with Crippen LogP contribution in [-0.2, 0) is 0 Å². The molecule has 0 amide bonds. The average Bonchev–Trinajstić information content (AvgIpc) is 3.51. The number of nitrogens with zero attached hydrogens (tertiary/aromatic N) is 5. The summed E-state index contributed by atoms with van der Waals surface area (Å²) in [5, 5.41) is 14.3. The fourth-order valence-electron chi connectivity index (χ4n) is 3.30. The minimum Gasteiger partial charge on any atom is -0.321 e. The number of fused-ring (bicyclic) bond motifs is 2. The van der Waals surface area contributed by atoms with Crippen LogP contribution in [0.25, 0.3) is 55.4 Å². The summed E-state index contributed by atoms with van der Waals surface area (Å²) in [4.78, 5) is 18.3. The summed E-state index contributed by atoms with van der Waals surface area (Å²) in [5.74, 6) is 0.602. The third-order valence-electron chi connectivity index (χ3n) is 4.65. The summed E-state index contributed by atoms with van der Waals surface area (Å²) in [5.41, 5.74) is 6.32. The number of halogens is 1. The summed E-state index contributed by atoms with van der Waals surface area (Å²) >= 11 is 7.62. The summed E-state index contributed by atoms with van der Waals surface area (Å²) in [6.07, 6.45) is 5.29. The molecule has 0 saturated carbocycles. The lowest BCUT2D eigenvalue weighted by Crippen LogP contribution is -1.86. The van der Waals surface area contributed by atoms with Crippen molar-refractivity contribution in [2.45, 2.75) is 0 Å². The van der Waals surface area contributed by atoms with E-state index in [-0.39, 0.29) is 0 Å². The maximum absolute atomic E-state index is 6.12. The van der Waals surface area contributed by atoms with Gasteiger partial charge in [-0.15, -0.1) is 11.3 Å². The molecule has 0 saturated heterocycles. The molecule has 140 valence electrons. The zero-order valence-electron chi connectivity index (χ0n) is 14.6. The van der Waals surface area contributed by atoms with E-state index in [0.717, 1.165) is 42.6 Å². The number of H-pyrrole nitrogens is 3. The molecule has 6 heterocycles. The van der Waals surface area contributed by atoms with Crippen LogP contribution < -0.4 is 0 Å². The molecule has 0 aliphatic heterocycles. The standard InChI is InChI=1S/C19H11ClN8S/c20-14-4-3-13(29-14)10-5-6-21-18-15(10)25-19(26-18)17-16-12(27-28-17)2-1-11(24-16)9-7-22-23-8-9/h1-8H,(H,22,23)(H,27,28)(H,21,25,26). The average molecular weight is 419 g/mol. The summed E-state index contributed by atoms with van der Waals surface area (Å²) < 4.78 is 0.731. The van der Waals surface area contributed by atoms with Gasteiger partial charge in [-0.2, -0.15) is 10.2 Å². The first-order valence-corrected chi connectivity index (χ1v) is 9.91. The third kappa shape index (κ3) is 2.63. The largest absolute Gasteiger partial charge is 0.321 e. The Morgan fingerprint density at radius 3 is 2.79 bits per heavy atom. The second-order valence-corrected chi connectivity index (χ2v) is 8.11. The van der Waals surface area contributed by atoms with E-state index in [1.54, 1.807) is 18.6 Å². The minimum absolute atomic E-state index is 0.602. The predicted molar refractivity (Wildman–Crippen MR) is 113 cm³/mol. The molecule has 8 nitrogen and oxygen atoms in total. The Morgan fingerprint density at radius 1 is 1.00 bits per heavy atom. The minimum atomic E-state index is 0.602. The third-order valence-corrected chi connectivity index (χ3v) is 5.91. The van der Waals surface area contributed by atoms with Crippen molar-refractivity contribution < 1.29 is 0 Å². The van der Waals surface area contributed by atoms with Crippen molar-refractivity contribution in [3.8, 4) is 33.2 Å². The van der Waals surface area contributed by atoms with E-state index in [2.05, 4.69) is 30.4 Å². The Hall–Kier alpha value is -3.56. The van der Waals surface area contributed by atoms with Crippen molar-refractivity contribution >= 4 is 45.1 Å². The van der Waals surface area contributed by atoms with Gasteiger partial charge < -0.3 is 4.98 Å². The number of hydrogen-bond acceptors (Lipinski definition) is 6. The number of aromatic amines is 3. The highest BCUT2D eigenvalue weighted by Gasteiger charge is 2.18. The number of pyridine rings is 2. The number of rotatable bonds is 3. The van der Waals surface area contributed by atoms with Gasteiger partial charge in [0.25, 0.3) is 0 Å².